The zero-order valence-electron chi connectivity index (χ0n) is 15.4. The van der Waals surface area contributed by atoms with Crippen molar-refractivity contribution in [1.82, 2.24) is 5.32 Å². The van der Waals surface area contributed by atoms with Crippen LogP contribution >= 0.6 is 23.2 Å². The number of amides is 1. The van der Waals surface area contributed by atoms with E-state index in [9.17, 15) is 10.1 Å². The number of nitriles is 1. The van der Waals surface area contributed by atoms with E-state index in [1.807, 2.05) is 12.1 Å². The van der Waals surface area contributed by atoms with Gasteiger partial charge in [-0.15, -0.1) is 0 Å². The number of halogens is 2. The van der Waals surface area contributed by atoms with Crippen LogP contribution in [0.25, 0.3) is 6.08 Å². The molecular weight excluding hydrogens is 399 g/mol. The van der Waals surface area contributed by atoms with Gasteiger partial charge in [0, 0.05) is 41.4 Å². The average molecular weight is 419 g/mol. The Kier molecular flexibility index (Phi) is 8.83. The third-order valence-corrected chi connectivity index (χ3v) is 4.38. The predicted octanol–water partition coefficient (Wildman–Crippen LogP) is 4.63. The van der Waals surface area contributed by atoms with Crippen LogP contribution in [0.3, 0.4) is 0 Å². The number of methoxy groups -OCH3 is 1. The van der Waals surface area contributed by atoms with Crippen molar-refractivity contribution in [3.63, 3.8) is 0 Å². The molecule has 0 aliphatic carbocycles. The van der Waals surface area contributed by atoms with Crippen molar-refractivity contribution < 1.29 is 14.3 Å². The molecule has 0 fully saturated rings. The van der Waals surface area contributed by atoms with Crippen molar-refractivity contribution in [2.75, 3.05) is 20.3 Å². The molecule has 0 radical (unpaired) electrons. The quantitative estimate of drug-likeness (QED) is 0.366. The molecule has 146 valence electrons. The standard InChI is InChI=1S/C21H20Cl2N2O3/c1-27-10-4-9-25-21(26)17(13-24)11-15-5-2-3-6-20(15)28-14-16-7-8-18(22)12-19(16)23/h2-3,5-8,11-12H,4,9-10,14H2,1H3,(H,25,26)/b17-11+. The molecule has 0 atom stereocenters. The topological polar surface area (TPSA) is 71.3 Å². The Morgan fingerprint density at radius 3 is 2.75 bits per heavy atom. The van der Waals surface area contributed by atoms with Gasteiger partial charge in [0.2, 0.25) is 0 Å². The first-order valence-electron chi connectivity index (χ1n) is 8.60. The smallest absolute Gasteiger partial charge is 0.261 e. The largest absolute Gasteiger partial charge is 0.488 e. The van der Waals surface area contributed by atoms with E-state index in [0.29, 0.717) is 40.9 Å². The number of hydrogen-bond acceptors (Lipinski definition) is 4. The maximum atomic E-state index is 12.2. The minimum Gasteiger partial charge on any atom is -0.488 e. The van der Waals surface area contributed by atoms with E-state index in [-0.39, 0.29) is 12.2 Å². The van der Waals surface area contributed by atoms with Crippen molar-refractivity contribution >= 4 is 35.2 Å². The molecule has 5 nitrogen and oxygen atoms in total. The molecule has 1 amide bonds. The number of para-hydroxylation sites is 1. The molecule has 2 rings (SSSR count). The number of rotatable bonds is 9. The molecule has 0 aliphatic rings. The van der Waals surface area contributed by atoms with Crippen molar-refractivity contribution in [2.24, 2.45) is 0 Å². The normalized spacial score (nSPS) is 11.0. The van der Waals surface area contributed by atoms with Gasteiger partial charge in [0.1, 0.15) is 24.0 Å². The van der Waals surface area contributed by atoms with Gasteiger partial charge in [-0.2, -0.15) is 5.26 Å². The molecular formula is C21H20Cl2N2O3. The SMILES string of the molecule is COCCCNC(=O)/C(C#N)=C/c1ccccc1OCc1ccc(Cl)cc1Cl. The number of carbonyl (C=O) groups excluding carboxylic acids is 1. The molecule has 0 aromatic heterocycles. The Hall–Kier alpha value is -2.52. The summed E-state index contributed by atoms with van der Waals surface area (Å²) in [6.45, 7) is 1.20. The average Bonchev–Trinajstić information content (AvgIpc) is 2.69. The van der Waals surface area contributed by atoms with Crippen molar-refractivity contribution in [1.29, 1.82) is 5.26 Å². The molecule has 7 heteroatoms. The first-order chi connectivity index (χ1) is 13.5. The Morgan fingerprint density at radius 2 is 2.04 bits per heavy atom. The van der Waals surface area contributed by atoms with Crippen LogP contribution in [0.1, 0.15) is 17.5 Å². The number of nitrogens with one attached hydrogen (secondary N) is 1. The molecule has 0 spiro atoms. The maximum Gasteiger partial charge on any atom is 0.261 e. The van der Waals surface area contributed by atoms with Crippen molar-refractivity contribution in [2.45, 2.75) is 13.0 Å². The molecule has 2 aromatic rings. The Morgan fingerprint density at radius 1 is 1.25 bits per heavy atom. The minimum absolute atomic E-state index is 0.00186. The summed E-state index contributed by atoms with van der Waals surface area (Å²) in [5, 5.41) is 13.1. The van der Waals surface area contributed by atoms with Crippen LogP contribution in [0.15, 0.2) is 48.0 Å². The highest BCUT2D eigenvalue weighted by molar-refractivity contribution is 6.35. The van der Waals surface area contributed by atoms with Gasteiger partial charge in [-0.05, 0) is 30.7 Å². The van der Waals surface area contributed by atoms with Gasteiger partial charge in [-0.3, -0.25) is 4.79 Å². The van der Waals surface area contributed by atoms with Gasteiger partial charge < -0.3 is 14.8 Å². The lowest BCUT2D eigenvalue weighted by molar-refractivity contribution is -0.117. The lowest BCUT2D eigenvalue weighted by Crippen LogP contribution is -2.26. The molecule has 1 N–H and O–H groups in total. The number of nitrogens with zero attached hydrogens (tertiary/aromatic N) is 1. The molecule has 28 heavy (non-hydrogen) atoms. The fourth-order valence-corrected chi connectivity index (χ4v) is 2.81. The summed E-state index contributed by atoms with van der Waals surface area (Å²) >= 11 is 12.1. The molecule has 2 aromatic carbocycles. The Bertz CT molecular complexity index is 891. The summed E-state index contributed by atoms with van der Waals surface area (Å²) in [6, 6.07) is 14.3. The van der Waals surface area contributed by atoms with Gasteiger partial charge in [0.15, 0.2) is 0 Å². The summed E-state index contributed by atoms with van der Waals surface area (Å²) in [7, 11) is 1.59. The first-order valence-corrected chi connectivity index (χ1v) is 9.35. The maximum absolute atomic E-state index is 12.2. The number of carbonyl (C=O) groups is 1. The highest BCUT2D eigenvalue weighted by Crippen LogP contribution is 2.25. The fraction of sp³-hybridized carbons (Fsp3) is 0.238. The highest BCUT2D eigenvalue weighted by Gasteiger charge is 2.11. The number of hydrogen-bond donors (Lipinski definition) is 1. The summed E-state index contributed by atoms with van der Waals surface area (Å²) < 4.78 is 10.8. The fourth-order valence-electron chi connectivity index (χ4n) is 2.34. The van der Waals surface area contributed by atoms with E-state index < -0.39 is 5.91 Å². The molecule has 0 bridgehead atoms. The van der Waals surface area contributed by atoms with Gasteiger partial charge in [-0.1, -0.05) is 47.5 Å². The summed E-state index contributed by atoms with van der Waals surface area (Å²) in [4.78, 5) is 12.2. The first kappa shape index (κ1) is 21.8. The van der Waals surface area contributed by atoms with E-state index in [4.69, 9.17) is 32.7 Å². The monoisotopic (exact) mass is 418 g/mol. The second-order valence-corrected chi connectivity index (χ2v) is 6.68. The predicted molar refractivity (Wildman–Crippen MR) is 110 cm³/mol. The van der Waals surface area contributed by atoms with E-state index in [2.05, 4.69) is 5.32 Å². The number of benzene rings is 2. The molecule has 0 saturated heterocycles. The number of ether oxygens (including phenoxy) is 2. The highest BCUT2D eigenvalue weighted by atomic mass is 35.5. The Balaban J connectivity index is 2.12. The third kappa shape index (κ3) is 6.58. The zero-order valence-corrected chi connectivity index (χ0v) is 16.9. The second-order valence-electron chi connectivity index (χ2n) is 5.83. The van der Waals surface area contributed by atoms with Crippen LogP contribution in [0.2, 0.25) is 10.0 Å². The lowest BCUT2D eigenvalue weighted by atomic mass is 10.1. The van der Waals surface area contributed by atoms with Crippen LogP contribution in [-0.4, -0.2) is 26.2 Å². The van der Waals surface area contributed by atoms with Gasteiger partial charge in [0.05, 0.1) is 0 Å². The second kappa shape index (κ2) is 11.4. The van der Waals surface area contributed by atoms with Gasteiger partial charge >= 0.3 is 0 Å². The molecule has 0 saturated carbocycles. The third-order valence-electron chi connectivity index (χ3n) is 3.79. The van der Waals surface area contributed by atoms with E-state index in [1.54, 1.807) is 43.5 Å². The zero-order chi connectivity index (χ0) is 20.4. The Labute approximate surface area is 174 Å². The lowest BCUT2D eigenvalue weighted by Gasteiger charge is -2.11. The van der Waals surface area contributed by atoms with E-state index >= 15 is 0 Å². The van der Waals surface area contributed by atoms with Crippen molar-refractivity contribution in [3.8, 4) is 11.8 Å². The summed E-state index contributed by atoms with van der Waals surface area (Å²) in [5.41, 5.74) is 1.40. The van der Waals surface area contributed by atoms with Gasteiger partial charge in [0.25, 0.3) is 5.91 Å². The van der Waals surface area contributed by atoms with E-state index in [1.165, 1.54) is 6.08 Å². The molecule has 0 heterocycles. The van der Waals surface area contributed by atoms with Gasteiger partial charge in [-0.25, -0.2) is 0 Å². The summed E-state index contributed by atoms with van der Waals surface area (Å²) in [5.74, 6) is 0.0996. The van der Waals surface area contributed by atoms with Crippen LogP contribution in [0.5, 0.6) is 5.75 Å². The van der Waals surface area contributed by atoms with Crippen LogP contribution in [0.4, 0.5) is 0 Å². The molecule has 0 unspecified atom stereocenters. The van der Waals surface area contributed by atoms with Crippen LogP contribution in [0, 0.1) is 11.3 Å². The minimum atomic E-state index is -0.436. The molecule has 0 aliphatic heterocycles. The summed E-state index contributed by atoms with van der Waals surface area (Å²) in [6.07, 6.45) is 2.17. The van der Waals surface area contributed by atoms with E-state index in [0.717, 1.165) is 5.56 Å². The van der Waals surface area contributed by atoms with Crippen LogP contribution < -0.4 is 10.1 Å². The van der Waals surface area contributed by atoms with Crippen LogP contribution in [-0.2, 0) is 16.1 Å². The van der Waals surface area contributed by atoms with Crippen molar-refractivity contribution in [3.05, 3.63) is 69.2 Å².